The van der Waals surface area contributed by atoms with Gasteiger partial charge >= 0.3 is 0 Å². The van der Waals surface area contributed by atoms with Crippen molar-refractivity contribution in [2.24, 2.45) is 28.2 Å². The average molecular weight is 593 g/mol. The lowest BCUT2D eigenvalue weighted by Crippen LogP contribution is -2.58. The van der Waals surface area contributed by atoms with Crippen LogP contribution in [0.4, 0.5) is 14.5 Å². The number of alkyl halides is 1. The Bertz CT molecular complexity index is 1570. The molecule has 0 spiro atoms. The van der Waals surface area contributed by atoms with Crippen LogP contribution in [0.2, 0.25) is 0 Å². The number of hydrogen-bond acceptors (Lipinski definition) is 5. The average Bonchev–Trinajstić information content (AvgIpc) is 3.01. The Labute approximate surface area is 251 Å². The van der Waals surface area contributed by atoms with E-state index in [4.69, 9.17) is 9.73 Å². The highest BCUT2D eigenvalue weighted by atomic mass is 19.1. The van der Waals surface area contributed by atoms with E-state index in [1.165, 1.54) is 30.5 Å². The summed E-state index contributed by atoms with van der Waals surface area (Å²) in [6.45, 7) is 8.92. The van der Waals surface area contributed by atoms with Crippen LogP contribution in [0.5, 0.6) is 5.75 Å². The van der Waals surface area contributed by atoms with Gasteiger partial charge in [0.05, 0.1) is 36.4 Å². The summed E-state index contributed by atoms with van der Waals surface area (Å²) in [4.78, 5) is 25.3. The molecule has 2 aromatic carbocycles. The van der Waals surface area contributed by atoms with Gasteiger partial charge in [0.25, 0.3) is 5.56 Å². The molecule has 2 N–H and O–H groups in total. The number of benzene rings is 2. The number of methoxy groups -OCH3 is 1. The lowest BCUT2D eigenvalue weighted by atomic mass is 9.45. The smallest absolute Gasteiger partial charge is 0.261 e. The molecule has 5 atom stereocenters. The van der Waals surface area contributed by atoms with E-state index in [2.05, 4.69) is 41.3 Å². The monoisotopic (exact) mass is 592 g/mol. The second-order valence-electron chi connectivity index (χ2n) is 13.0. The first-order valence-corrected chi connectivity index (χ1v) is 15.4. The third-order valence-electron chi connectivity index (χ3n) is 10.3. The zero-order valence-electron chi connectivity index (χ0n) is 25.4. The van der Waals surface area contributed by atoms with E-state index in [0.717, 1.165) is 24.6 Å². The zero-order valence-corrected chi connectivity index (χ0v) is 25.4. The van der Waals surface area contributed by atoms with E-state index < -0.39 is 6.67 Å². The number of aromatic nitrogens is 2. The van der Waals surface area contributed by atoms with Gasteiger partial charge in [-0.25, -0.2) is 18.8 Å². The van der Waals surface area contributed by atoms with Crippen LogP contribution < -0.4 is 20.9 Å². The lowest BCUT2D eigenvalue weighted by Gasteiger charge is -2.61. The molecule has 1 aliphatic heterocycles. The van der Waals surface area contributed by atoms with Gasteiger partial charge in [-0.05, 0) is 72.3 Å². The minimum Gasteiger partial charge on any atom is -0.497 e. The number of nitrogens with one attached hydrogen (secondary N) is 2. The fourth-order valence-electron chi connectivity index (χ4n) is 7.39. The lowest BCUT2D eigenvalue weighted by molar-refractivity contribution is -0.108. The summed E-state index contributed by atoms with van der Waals surface area (Å²) >= 11 is 0. The van der Waals surface area contributed by atoms with Gasteiger partial charge in [0, 0.05) is 37.9 Å². The molecule has 10 heteroatoms. The molecule has 4 fully saturated rings. The van der Waals surface area contributed by atoms with Crippen LogP contribution in [0.25, 0.3) is 10.9 Å². The molecule has 1 saturated heterocycles. The number of halogens is 2. The summed E-state index contributed by atoms with van der Waals surface area (Å²) in [6, 6.07) is 10.2. The molecule has 2 heterocycles. The molecule has 4 aliphatic rings. The number of nitrogens with zero attached hydrogens (tertiary/aromatic N) is 4. The predicted molar refractivity (Wildman–Crippen MR) is 166 cm³/mol. The Morgan fingerprint density at radius 3 is 2.79 bits per heavy atom. The van der Waals surface area contributed by atoms with Gasteiger partial charge in [-0.2, -0.15) is 0 Å². The van der Waals surface area contributed by atoms with Crippen molar-refractivity contribution in [2.75, 3.05) is 38.7 Å². The molecule has 7 rings (SSSR count). The Balaban J connectivity index is 1.23. The minimum atomic E-state index is -0.431. The van der Waals surface area contributed by atoms with Crippen LogP contribution in [0.15, 0.2) is 52.5 Å². The standard InChI is InChI=1S/C33H42F2N6O2/c1-20-27-13-22(33(27,2)3)14-29(20)39-32(40-12-10-36-24(17-34)18-40)38-23-6-8-26-30(15-23)37-19-41(31(26)42)11-9-21-5-7-25(43-4)16-28(21)35/h5-8,15-16,19-20,22,24,27,29,36H,9-14,17-18H2,1-4H3,(H,38,39)/t20-,22+,24-,27-,29-/m0/s1. The third-order valence-corrected chi connectivity index (χ3v) is 10.3. The highest BCUT2D eigenvalue weighted by Gasteiger charge is 2.56. The first-order chi connectivity index (χ1) is 20.7. The molecule has 3 aromatic rings. The second-order valence-corrected chi connectivity index (χ2v) is 13.0. The van der Waals surface area contributed by atoms with E-state index in [1.54, 1.807) is 18.2 Å². The van der Waals surface area contributed by atoms with Crippen LogP contribution in [-0.2, 0) is 13.0 Å². The Morgan fingerprint density at radius 1 is 1.23 bits per heavy atom. The maximum Gasteiger partial charge on any atom is 0.261 e. The van der Waals surface area contributed by atoms with Crippen LogP contribution in [0.3, 0.4) is 0 Å². The van der Waals surface area contributed by atoms with Crippen molar-refractivity contribution in [3.05, 3.63) is 64.5 Å². The van der Waals surface area contributed by atoms with Crippen molar-refractivity contribution in [1.82, 2.24) is 19.8 Å². The summed E-state index contributed by atoms with van der Waals surface area (Å²) in [5, 5.41) is 7.26. The van der Waals surface area contributed by atoms with Crippen LogP contribution in [0.1, 0.15) is 39.2 Å². The summed E-state index contributed by atoms with van der Waals surface area (Å²) in [7, 11) is 1.50. The van der Waals surface area contributed by atoms with E-state index >= 15 is 0 Å². The maximum absolute atomic E-state index is 14.4. The highest BCUT2D eigenvalue weighted by Crippen LogP contribution is 2.61. The molecule has 43 heavy (non-hydrogen) atoms. The van der Waals surface area contributed by atoms with Gasteiger partial charge in [0.15, 0.2) is 5.96 Å². The second kappa shape index (κ2) is 11.9. The largest absolute Gasteiger partial charge is 0.497 e. The number of hydrogen-bond donors (Lipinski definition) is 2. The van der Waals surface area contributed by atoms with Crippen molar-refractivity contribution in [1.29, 1.82) is 0 Å². The summed E-state index contributed by atoms with van der Waals surface area (Å²) in [5.74, 6) is 2.66. The molecule has 0 amide bonds. The normalized spacial score (nSPS) is 26.7. The molecule has 1 aromatic heterocycles. The van der Waals surface area contributed by atoms with Crippen molar-refractivity contribution >= 4 is 22.5 Å². The highest BCUT2D eigenvalue weighted by molar-refractivity contribution is 5.96. The fraction of sp³-hybridized carbons (Fsp3) is 0.545. The number of aliphatic imine (C=N–C) groups is 1. The first kappa shape index (κ1) is 29.5. The van der Waals surface area contributed by atoms with Crippen molar-refractivity contribution in [3.8, 4) is 5.75 Å². The van der Waals surface area contributed by atoms with E-state index in [9.17, 15) is 13.6 Å². The number of piperazine rings is 1. The molecule has 8 nitrogen and oxygen atoms in total. The molecular formula is C33H42F2N6O2. The van der Waals surface area contributed by atoms with E-state index in [1.807, 2.05) is 12.1 Å². The number of rotatable bonds is 7. The Morgan fingerprint density at radius 2 is 2.07 bits per heavy atom. The number of fused-ring (bicyclic) bond motifs is 3. The van der Waals surface area contributed by atoms with Gasteiger partial charge in [-0.3, -0.25) is 9.36 Å². The maximum atomic E-state index is 14.4. The van der Waals surface area contributed by atoms with Gasteiger partial charge < -0.3 is 20.3 Å². The van der Waals surface area contributed by atoms with Gasteiger partial charge in [-0.1, -0.05) is 26.8 Å². The number of anilines is 1. The van der Waals surface area contributed by atoms with Gasteiger partial charge in [0.2, 0.25) is 0 Å². The minimum absolute atomic E-state index is 0.176. The molecule has 0 unspecified atom stereocenters. The predicted octanol–water partition coefficient (Wildman–Crippen LogP) is 4.87. The molecule has 0 radical (unpaired) electrons. The molecular weight excluding hydrogens is 550 g/mol. The van der Waals surface area contributed by atoms with Crippen molar-refractivity contribution < 1.29 is 13.5 Å². The molecule has 3 aliphatic carbocycles. The van der Waals surface area contributed by atoms with Crippen LogP contribution in [-0.4, -0.2) is 65.9 Å². The zero-order chi connectivity index (χ0) is 30.3. The number of aryl methyl sites for hydroxylation is 2. The number of ether oxygens (including phenoxy) is 1. The van der Waals surface area contributed by atoms with Gasteiger partial charge in [0.1, 0.15) is 18.2 Å². The molecule has 230 valence electrons. The first-order valence-electron chi connectivity index (χ1n) is 15.4. The quantitative estimate of drug-likeness (QED) is 0.301. The van der Waals surface area contributed by atoms with Crippen molar-refractivity contribution in [3.63, 3.8) is 0 Å². The topological polar surface area (TPSA) is 83.8 Å². The fourth-order valence-corrected chi connectivity index (χ4v) is 7.39. The number of guanidine groups is 1. The molecule has 3 saturated carbocycles. The van der Waals surface area contributed by atoms with E-state index in [0.29, 0.717) is 71.4 Å². The summed E-state index contributed by atoms with van der Waals surface area (Å²) in [6.07, 6.45) is 4.22. The van der Waals surface area contributed by atoms with Crippen LogP contribution in [0, 0.1) is 29.0 Å². The Kier molecular flexibility index (Phi) is 8.15. The third kappa shape index (κ3) is 5.73. The SMILES string of the molecule is COc1ccc(CCn2cnc3cc(NC(=N[C@H]4C[C@H]5C[C@@H]([C@@H]4C)C5(C)C)N4CCN[C@@H](CF)C4)ccc3c2=O)c(F)c1. The van der Waals surface area contributed by atoms with Gasteiger partial charge in [-0.15, -0.1) is 0 Å². The summed E-state index contributed by atoms with van der Waals surface area (Å²) in [5.41, 5.74) is 2.05. The van der Waals surface area contributed by atoms with Crippen molar-refractivity contribution in [2.45, 2.75) is 58.7 Å². The Hall–Kier alpha value is -3.53. The van der Waals surface area contributed by atoms with E-state index in [-0.39, 0.29) is 23.5 Å². The summed E-state index contributed by atoms with van der Waals surface area (Å²) < 4.78 is 34.6. The molecule has 2 bridgehead atoms. The van der Waals surface area contributed by atoms with Crippen LogP contribution >= 0.6 is 0 Å².